The summed E-state index contributed by atoms with van der Waals surface area (Å²) in [5.74, 6) is 1.14. The van der Waals surface area contributed by atoms with Crippen LogP contribution in [-0.4, -0.2) is 65.5 Å². The first kappa shape index (κ1) is 26.4. The molecule has 7 rings (SSSR count). The second-order valence-electron chi connectivity index (χ2n) is 11.7. The van der Waals surface area contributed by atoms with Gasteiger partial charge in [0.05, 0.1) is 18.9 Å². The maximum atomic E-state index is 14.2. The van der Waals surface area contributed by atoms with Gasteiger partial charge in [-0.25, -0.2) is 9.47 Å². The number of likely N-dealkylation sites (N-methyl/N-ethyl adjacent to an activating group) is 1. The van der Waals surface area contributed by atoms with E-state index < -0.39 is 0 Å². The van der Waals surface area contributed by atoms with Crippen molar-refractivity contribution in [2.24, 2.45) is 0 Å². The molecule has 42 heavy (non-hydrogen) atoms. The van der Waals surface area contributed by atoms with E-state index in [-0.39, 0.29) is 5.91 Å². The Morgan fingerprint density at radius 3 is 2.26 bits per heavy atom. The molecule has 1 aromatic heterocycles. The van der Waals surface area contributed by atoms with Gasteiger partial charge in [-0.05, 0) is 46.1 Å². The molecule has 1 saturated heterocycles. The smallest absolute Gasteiger partial charge is 0.260 e. The predicted octanol–water partition coefficient (Wildman–Crippen LogP) is 6.08. The van der Waals surface area contributed by atoms with Gasteiger partial charge in [-0.2, -0.15) is 0 Å². The molecule has 2 aliphatic heterocycles. The molecule has 210 valence electrons. The second kappa shape index (κ2) is 10.7. The molecule has 0 N–H and O–H groups in total. The molecule has 5 aromatic rings. The van der Waals surface area contributed by atoms with E-state index in [1.165, 1.54) is 21.7 Å². The van der Waals surface area contributed by atoms with Crippen molar-refractivity contribution >= 4 is 38.8 Å². The lowest BCUT2D eigenvalue weighted by Gasteiger charge is -2.32. The third-order valence-corrected chi connectivity index (χ3v) is 8.87. The van der Waals surface area contributed by atoms with Gasteiger partial charge in [-0.1, -0.05) is 84.9 Å². The van der Waals surface area contributed by atoms with Gasteiger partial charge in [0.1, 0.15) is 24.2 Å². The third-order valence-electron chi connectivity index (χ3n) is 8.87. The van der Waals surface area contributed by atoms with E-state index in [1.54, 1.807) is 0 Å². The molecule has 1 atom stereocenters. The first-order valence-electron chi connectivity index (χ1n) is 14.8. The van der Waals surface area contributed by atoms with Gasteiger partial charge in [-0.3, -0.25) is 9.36 Å². The summed E-state index contributed by atoms with van der Waals surface area (Å²) in [6.07, 6.45) is 9.12. The Labute approximate surface area is 247 Å². The number of piperazine rings is 1. The predicted molar refractivity (Wildman–Crippen MR) is 172 cm³/mol. The van der Waals surface area contributed by atoms with Crippen LogP contribution in [0.15, 0.2) is 115 Å². The number of aromatic nitrogens is 2. The minimum absolute atomic E-state index is 0.103. The van der Waals surface area contributed by atoms with E-state index in [1.807, 2.05) is 17.4 Å². The second-order valence-corrected chi connectivity index (χ2v) is 11.7. The molecule has 0 spiro atoms. The van der Waals surface area contributed by atoms with Gasteiger partial charge in [0, 0.05) is 32.7 Å². The zero-order valence-corrected chi connectivity index (χ0v) is 24.3. The van der Waals surface area contributed by atoms with Crippen LogP contribution < -0.4 is 4.48 Å². The number of rotatable bonds is 6. The van der Waals surface area contributed by atoms with Crippen molar-refractivity contribution in [1.82, 2.24) is 23.8 Å². The number of amides is 1. The maximum absolute atomic E-state index is 14.2. The summed E-state index contributed by atoms with van der Waals surface area (Å²) in [6.45, 7) is 4.05. The van der Waals surface area contributed by atoms with E-state index in [0.29, 0.717) is 4.48 Å². The number of imidazole rings is 1. The number of quaternary nitrogens is 1. The SMILES string of the molecule is CN1CCN(C(=O)C2=C[N+](C)(c3cncn3CCc3cccc4ccccc34)C=C2c2cccc3ccccc23)CC1. The Morgan fingerprint density at radius 2 is 1.48 bits per heavy atom. The van der Waals surface area contributed by atoms with Crippen LogP contribution in [0.3, 0.4) is 0 Å². The number of hydrogen-bond donors (Lipinski definition) is 0. The molecule has 0 saturated carbocycles. The molecule has 0 aliphatic carbocycles. The van der Waals surface area contributed by atoms with Gasteiger partial charge >= 0.3 is 0 Å². The van der Waals surface area contributed by atoms with Gasteiger partial charge in [-0.15, -0.1) is 0 Å². The van der Waals surface area contributed by atoms with E-state index in [2.05, 4.69) is 126 Å². The van der Waals surface area contributed by atoms with Crippen LogP contribution in [0.4, 0.5) is 5.82 Å². The number of aryl methyl sites for hydroxylation is 2. The zero-order valence-electron chi connectivity index (χ0n) is 24.3. The Balaban J connectivity index is 1.28. The van der Waals surface area contributed by atoms with Gasteiger partial charge in [0.2, 0.25) is 5.82 Å². The van der Waals surface area contributed by atoms with Crippen LogP contribution in [-0.2, 0) is 17.8 Å². The summed E-state index contributed by atoms with van der Waals surface area (Å²) in [5, 5.41) is 4.88. The Kier molecular flexibility index (Phi) is 6.73. The minimum atomic E-state index is 0.103. The molecule has 1 amide bonds. The third kappa shape index (κ3) is 4.73. The molecular formula is C36H36N5O+. The van der Waals surface area contributed by atoms with Gasteiger partial charge in [0.15, 0.2) is 0 Å². The van der Waals surface area contributed by atoms with Crippen LogP contribution in [0.5, 0.6) is 0 Å². The fraction of sp³-hybridized carbons (Fsp3) is 0.222. The highest BCUT2D eigenvalue weighted by Gasteiger charge is 2.39. The summed E-state index contributed by atoms with van der Waals surface area (Å²) in [7, 11) is 4.27. The van der Waals surface area contributed by atoms with E-state index in [4.69, 9.17) is 0 Å². The Bertz CT molecular complexity index is 1850. The van der Waals surface area contributed by atoms with Crippen LogP contribution >= 0.6 is 0 Å². The maximum Gasteiger partial charge on any atom is 0.260 e. The van der Waals surface area contributed by atoms with Crippen molar-refractivity contribution < 1.29 is 4.79 Å². The fourth-order valence-electron chi connectivity index (χ4n) is 6.51. The molecule has 4 aromatic carbocycles. The highest BCUT2D eigenvalue weighted by molar-refractivity contribution is 6.14. The first-order chi connectivity index (χ1) is 20.5. The van der Waals surface area contributed by atoms with E-state index in [0.717, 1.165) is 67.1 Å². The lowest BCUT2D eigenvalue weighted by Crippen LogP contribution is -2.47. The molecule has 1 unspecified atom stereocenters. The summed E-state index contributed by atoms with van der Waals surface area (Å²) in [4.78, 5) is 23.1. The fourth-order valence-corrected chi connectivity index (χ4v) is 6.51. The van der Waals surface area contributed by atoms with Crippen molar-refractivity contribution in [2.75, 3.05) is 40.3 Å². The average molecular weight is 555 g/mol. The highest BCUT2D eigenvalue weighted by atomic mass is 16.2. The van der Waals surface area contributed by atoms with Crippen LogP contribution in [0, 0.1) is 0 Å². The van der Waals surface area contributed by atoms with Crippen molar-refractivity contribution in [1.29, 1.82) is 0 Å². The summed E-state index contributed by atoms with van der Waals surface area (Å²) in [6, 6.07) is 29.9. The Hall–Kier alpha value is -4.52. The molecule has 6 nitrogen and oxygen atoms in total. The number of nitrogens with zero attached hydrogens (tertiary/aromatic N) is 5. The van der Waals surface area contributed by atoms with Crippen molar-refractivity contribution in [3.8, 4) is 0 Å². The van der Waals surface area contributed by atoms with Gasteiger partial charge in [0.25, 0.3) is 5.91 Å². The van der Waals surface area contributed by atoms with Crippen LogP contribution in [0.1, 0.15) is 11.1 Å². The number of carbonyl (C=O) groups excluding carboxylic acids is 1. The first-order valence-corrected chi connectivity index (χ1v) is 14.8. The number of carbonyl (C=O) groups is 1. The Morgan fingerprint density at radius 1 is 0.810 bits per heavy atom. The van der Waals surface area contributed by atoms with E-state index >= 15 is 0 Å². The largest absolute Gasteiger partial charge is 0.336 e. The normalized spacial score (nSPS) is 19.3. The number of hydrogen-bond acceptors (Lipinski definition) is 3. The molecule has 3 heterocycles. The molecule has 2 aliphatic rings. The topological polar surface area (TPSA) is 41.4 Å². The standard InChI is InChI=1S/C36H36N5O/c1-38-19-21-39(22-20-38)36(42)34-25-41(2,24-33(34)32-16-8-13-28-10-4-6-15-31(28)32)35-23-37-26-40(35)18-17-29-12-7-11-27-9-3-5-14-30(27)29/h3-16,23-26H,17-22H2,1-2H3/q+1. The lowest BCUT2D eigenvalue weighted by atomic mass is 9.94. The highest BCUT2D eigenvalue weighted by Crippen LogP contribution is 2.40. The van der Waals surface area contributed by atoms with Crippen LogP contribution in [0.25, 0.3) is 27.1 Å². The monoisotopic (exact) mass is 554 g/mol. The average Bonchev–Trinajstić information content (AvgIpc) is 3.65. The number of fused-ring (bicyclic) bond motifs is 2. The molecule has 1 fully saturated rings. The molecular weight excluding hydrogens is 518 g/mol. The van der Waals surface area contributed by atoms with Gasteiger partial charge < -0.3 is 9.80 Å². The quantitative estimate of drug-likeness (QED) is 0.239. The summed E-state index contributed by atoms with van der Waals surface area (Å²) >= 11 is 0. The summed E-state index contributed by atoms with van der Waals surface area (Å²) < 4.78 is 2.61. The van der Waals surface area contributed by atoms with Crippen molar-refractivity contribution in [3.63, 3.8) is 0 Å². The van der Waals surface area contributed by atoms with Crippen molar-refractivity contribution in [2.45, 2.75) is 13.0 Å². The zero-order chi connectivity index (χ0) is 28.7. The van der Waals surface area contributed by atoms with Crippen LogP contribution in [0.2, 0.25) is 0 Å². The van der Waals surface area contributed by atoms with Crippen molar-refractivity contribution in [3.05, 3.63) is 127 Å². The molecule has 0 radical (unpaired) electrons. The molecule has 0 bridgehead atoms. The lowest BCUT2D eigenvalue weighted by molar-refractivity contribution is -0.128. The minimum Gasteiger partial charge on any atom is -0.336 e. The van der Waals surface area contributed by atoms with E-state index in [9.17, 15) is 4.79 Å². The molecule has 6 heteroatoms. The summed E-state index contributed by atoms with van der Waals surface area (Å²) in [5.41, 5.74) is 4.16. The number of benzene rings is 4.